The maximum Gasteiger partial charge on any atom is 0.341 e. The van der Waals surface area contributed by atoms with Crippen LogP contribution >= 0.6 is 23.5 Å². The van der Waals surface area contributed by atoms with Crippen molar-refractivity contribution in [2.45, 2.75) is 288 Å². The van der Waals surface area contributed by atoms with E-state index in [1.54, 1.807) is 47.7 Å². The van der Waals surface area contributed by atoms with Crippen molar-refractivity contribution in [2.24, 2.45) is 11.8 Å². The third kappa shape index (κ3) is 22.4. The second-order valence-corrected chi connectivity index (χ2v) is 42.1. The predicted molar refractivity (Wildman–Crippen MR) is 385 cm³/mol. The maximum atomic E-state index is 13.9. The Hall–Kier alpha value is -3.30. The third-order valence-corrected chi connectivity index (χ3v) is 33.1. The fourth-order valence-corrected chi connectivity index (χ4v) is 23.0. The average Bonchev–Trinajstić information content (AvgIpc) is 0.789. The van der Waals surface area contributed by atoms with Crippen molar-refractivity contribution in [1.29, 1.82) is 0 Å². The molecular weight excluding hydrogens is 1340 g/mol. The first-order chi connectivity index (χ1) is 45.3. The summed E-state index contributed by atoms with van der Waals surface area (Å²) in [6.45, 7) is 40.9. The zero-order chi connectivity index (χ0) is 70.9. The normalized spacial score (nSPS) is 28.6. The molecule has 0 aromatic carbocycles. The van der Waals surface area contributed by atoms with Crippen molar-refractivity contribution in [3.05, 3.63) is 94.4 Å². The fraction of sp³-hybridized carbons (Fsp3) is 0.726. The van der Waals surface area contributed by atoms with Crippen molar-refractivity contribution in [1.82, 2.24) is 9.97 Å². The van der Waals surface area contributed by atoms with Gasteiger partial charge in [-0.05, 0) is 117 Å². The summed E-state index contributed by atoms with van der Waals surface area (Å²) in [7, 11) is -3.34. The Kier molecular flexibility index (Phi) is 31.5. The van der Waals surface area contributed by atoms with Gasteiger partial charge in [0, 0.05) is 65.3 Å². The summed E-state index contributed by atoms with van der Waals surface area (Å²) in [5, 5.41) is 0.00424. The predicted octanol–water partition coefficient (Wildman–Crippen LogP) is 17.5. The molecular formula is C73H118BrN2O17PSi2. The number of aldehydes is 1. The van der Waals surface area contributed by atoms with Gasteiger partial charge in [0.05, 0.1) is 80.7 Å². The minimum absolute atomic E-state index is 0.00424. The van der Waals surface area contributed by atoms with Crippen LogP contribution in [0.4, 0.5) is 0 Å². The lowest BCUT2D eigenvalue weighted by Gasteiger charge is -2.49. The molecule has 4 saturated heterocycles. The summed E-state index contributed by atoms with van der Waals surface area (Å²) < 4.78 is 104. The molecule has 19 nitrogen and oxygen atoms in total. The Balaban J connectivity index is 1.26. The molecule has 2 aromatic heterocycles. The molecule has 0 saturated carbocycles. The molecule has 6 heterocycles. The second-order valence-electron chi connectivity index (χ2n) is 29.4. The molecule has 6 rings (SSSR count). The number of carbonyl (C=O) groups is 2. The van der Waals surface area contributed by atoms with Crippen molar-refractivity contribution >= 4 is 64.6 Å². The Morgan fingerprint density at radius 1 is 0.875 bits per heavy atom. The van der Waals surface area contributed by atoms with Crippen LogP contribution in [0.2, 0.25) is 34.8 Å². The van der Waals surface area contributed by atoms with Crippen molar-refractivity contribution in [2.75, 3.05) is 40.7 Å². The van der Waals surface area contributed by atoms with Crippen LogP contribution in [0.25, 0.3) is 12.2 Å². The first-order valence-electron chi connectivity index (χ1n) is 34.9. The van der Waals surface area contributed by atoms with Gasteiger partial charge in [0.2, 0.25) is 14.2 Å². The Morgan fingerprint density at radius 2 is 1.56 bits per heavy atom. The number of oxazole rings is 2. The molecule has 96 heavy (non-hydrogen) atoms. The van der Waals surface area contributed by atoms with Gasteiger partial charge in [0.1, 0.15) is 48.6 Å². The van der Waals surface area contributed by atoms with Crippen LogP contribution in [0.1, 0.15) is 197 Å². The Morgan fingerprint density at radius 3 is 2.18 bits per heavy atom. The molecule has 0 spiro atoms. The number of methoxy groups -OCH3 is 3. The summed E-state index contributed by atoms with van der Waals surface area (Å²) in [5.74, 6) is -1.78. The number of rotatable bonds is 35. The van der Waals surface area contributed by atoms with E-state index in [9.17, 15) is 14.2 Å². The first-order valence-corrected chi connectivity index (χ1v) is 42.6. The highest BCUT2D eigenvalue weighted by Crippen LogP contribution is 2.50. The highest BCUT2D eigenvalue weighted by Gasteiger charge is 2.52. The van der Waals surface area contributed by atoms with Gasteiger partial charge >= 0.3 is 13.6 Å². The van der Waals surface area contributed by atoms with Crippen molar-refractivity contribution in [3.63, 3.8) is 0 Å². The van der Waals surface area contributed by atoms with Crippen LogP contribution in [0, 0.1) is 11.8 Å². The highest BCUT2D eigenvalue weighted by atomic mass is 79.9. The van der Waals surface area contributed by atoms with Gasteiger partial charge < -0.3 is 69.4 Å². The van der Waals surface area contributed by atoms with Crippen molar-refractivity contribution < 1.29 is 78.8 Å². The minimum atomic E-state index is -3.78. The third-order valence-electron chi connectivity index (χ3n) is 20.2. The number of halogens is 1. The largest absolute Gasteiger partial charge is 0.461 e. The number of allylic oxidation sites excluding steroid dienone is 2. The Bertz CT molecular complexity index is 2960. The van der Waals surface area contributed by atoms with Crippen LogP contribution in [0.3, 0.4) is 0 Å². The maximum absolute atomic E-state index is 13.9. The van der Waals surface area contributed by atoms with E-state index >= 15 is 0 Å². The smallest absolute Gasteiger partial charge is 0.341 e. The number of esters is 1. The standard InChI is InChI=1S/C73H118BrN2O17PSi2/c1-22-85-94(79,86-23-2)46-69(78)90-71-53(12)63(27-24-28-67-76-62(45-84-67)64-40-60(92-95(20,21)72(14,15)16)39-59(88-64)38-58-35-51(10)34-57(87-58)31-33-77)89-70(54(71)13)52(11)37-55-44-83-68(75-55)43-73(82-19)42-61(81-18)41-65(91-73)66(93-96(47(3)4,48(5)6)49(7)8)36-50(9)29-30-56(80-17)26-25-32-74/h24-25,28-30,32-33,36-37,44-45,47-49,53-54,56-61,63-66,70-71H,10,22-23,26-27,31,34-35,38-43,46H2,1-9,11-21H3/b28-24+,30-29+,32-25+,50-36+,52-37+/t53-,54-,56+,57-,58+,59+,60-,61+,63+,64+,65+,66+,70-,71-,73-/m0/s1. The zero-order valence-electron chi connectivity index (χ0n) is 61.4. The summed E-state index contributed by atoms with van der Waals surface area (Å²) in [5.41, 5.74) is 5.08. The van der Waals surface area contributed by atoms with Crippen LogP contribution in [0.5, 0.6) is 0 Å². The number of carbonyl (C=O) groups excluding carboxylic acids is 2. The lowest BCUT2D eigenvalue weighted by molar-refractivity contribution is -0.297. The molecule has 0 bridgehead atoms. The number of hydrogen-bond donors (Lipinski definition) is 0. The monoisotopic (exact) mass is 1460 g/mol. The lowest BCUT2D eigenvalue weighted by Crippen LogP contribution is -2.57. The van der Waals surface area contributed by atoms with Crippen LogP contribution in [-0.4, -0.2) is 152 Å². The van der Waals surface area contributed by atoms with E-state index in [2.05, 4.69) is 123 Å². The molecule has 0 aliphatic carbocycles. The van der Waals surface area contributed by atoms with E-state index in [1.165, 1.54) is 0 Å². The van der Waals surface area contributed by atoms with E-state index in [0.717, 1.165) is 29.4 Å². The number of ether oxygens (including phenoxy) is 8. The molecule has 4 aliphatic rings. The van der Waals surface area contributed by atoms with Gasteiger partial charge in [-0.25, -0.2) is 9.97 Å². The molecule has 15 atom stereocenters. The number of nitrogens with zero attached hydrogens (tertiary/aromatic N) is 2. The zero-order valence-corrected chi connectivity index (χ0v) is 65.9. The van der Waals surface area contributed by atoms with Gasteiger partial charge in [-0.2, -0.15) is 0 Å². The summed E-state index contributed by atoms with van der Waals surface area (Å²) in [6.07, 6.45) is 19.8. The summed E-state index contributed by atoms with van der Waals surface area (Å²) in [4.78, 5) is 37.2. The fourth-order valence-electron chi connectivity index (χ4n) is 14.4. The molecule has 0 radical (unpaired) electrons. The summed E-state index contributed by atoms with van der Waals surface area (Å²) in [6, 6.07) is 0. The van der Waals surface area contributed by atoms with Crippen molar-refractivity contribution in [3.8, 4) is 0 Å². The molecule has 2 aromatic rings. The van der Waals surface area contributed by atoms with Crippen LogP contribution in [-0.2, 0) is 76.4 Å². The van der Waals surface area contributed by atoms with Crippen LogP contribution in [0.15, 0.2) is 80.0 Å². The van der Waals surface area contributed by atoms with E-state index in [0.29, 0.717) is 97.6 Å². The molecule has 0 N–H and O–H groups in total. The van der Waals surface area contributed by atoms with E-state index in [-0.39, 0.29) is 73.1 Å². The molecule has 4 fully saturated rings. The van der Waals surface area contributed by atoms with Crippen LogP contribution < -0.4 is 0 Å². The van der Waals surface area contributed by atoms with Gasteiger partial charge in [0.25, 0.3) is 0 Å². The van der Waals surface area contributed by atoms with Gasteiger partial charge in [-0.3, -0.25) is 9.36 Å². The summed E-state index contributed by atoms with van der Waals surface area (Å²) >= 11 is 3.39. The minimum Gasteiger partial charge on any atom is -0.461 e. The van der Waals surface area contributed by atoms with Gasteiger partial charge in [-0.15, -0.1) is 0 Å². The SMILES string of the molecule is C=C1C[C@H](C[C@@H]2C[C@H](O[Si](C)(C)C(C)(C)C)C[C@H](c3coc(/C=C/C[C@H]4O[C@@H](/C(C)=C/c5coc(C[C@]6(OC)C[C@H](OC)C[C@H]([C@@H](/C=C(C)/C=C/[C@@H](C/C=C/Br)OC)O[Si](C(C)C)(C(C)C)C(C)C)O6)n5)[C@H](C)[C@@H](OC(=O)CP(=O)(OCC)OCC)[C@H]4C)n3)O2)O[C@@H](CC=O)C1. The highest BCUT2D eigenvalue weighted by molar-refractivity contribution is 9.11. The molecule has 4 aliphatic heterocycles. The van der Waals surface area contributed by atoms with Gasteiger partial charge in [0.15, 0.2) is 20.0 Å². The van der Waals surface area contributed by atoms with E-state index in [4.69, 9.17) is 74.6 Å². The second kappa shape index (κ2) is 37.0. The number of aromatic nitrogens is 2. The first kappa shape index (κ1) is 81.7. The molecule has 0 unspecified atom stereocenters. The van der Waals surface area contributed by atoms with E-state index in [1.807, 2.05) is 50.1 Å². The molecule has 542 valence electrons. The molecule has 0 amide bonds. The lowest BCUT2D eigenvalue weighted by atomic mass is 9.79. The topological polar surface area (TPSA) is 214 Å². The quantitative estimate of drug-likeness (QED) is 0.0157. The Labute approximate surface area is 585 Å². The van der Waals surface area contributed by atoms with E-state index < -0.39 is 78.8 Å². The van der Waals surface area contributed by atoms with Gasteiger partial charge in [-0.1, -0.05) is 140 Å². The molecule has 23 heteroatoms. The number of hydrogen-bond acceptors (Lipinski definition) is 19. The average molecular weight is 1460 g/mol.